The van der Waals surface area contributed by atoms with E-state index in [2.05, 4.69) is 33.0 Å². The first kappa shape index (κ1) is 21.8. The van der Waals surface area contributed by atoms with Crippen molar-refractivity contribution in [2.75, 3.05) is 7.11 Å². The molecule has 1 aromatic rings. The Kier molecular flexibility index (Phi) is 6.32. The summed E-state index contributed by atoms with van der Waals surface area (Å²) in [5.74, 6) is 0.822. The SMILES string of the molecule is COc1ccc(C(CCB2OC(C)(C)C(C)(C)O2)NC(=O)C(C)(C)C)cc1. The second-order valence-corrected chi connectivity index (χ2v) is 9.31. The molecule has 1 N–H and O–H groups in total. The minimum atomic E-state index is -0.449. The Labute approximate surface area is 164 Å². The van der Waals surface area contributed by atoms with Crippen molar-refractivity contribution in [3.8, 4) is 5.75 Å². The van der Waals surface area contributed by atoms with Gasteiger partial charge >= 0.3 is 7.12 Å². The summed E-state index contributed by atoms with van der Waals surface area (Å²) in [6, 6.07) is 7.72. The van der Waals surface area contributed by atoms with Crippen LogP contribution in [0, 0.1) is 5.41 Å². The van der Waals surface area contributed by atoms with E-state index in [4.69, 9.17) is 14.0 Å². The lowest BCUT2D eigenvalue weighted by molar-refractivity contribution is -0.129. The lowest BCUT2D eigenvalue weighted by Gasteiger charge is -2.32. The Morgan fingerprint density at radius 3 is 2.07 bits per heavy atom. The Morgan fingerprint density at radius 2 is 1.63 bits per heavy atom. The first-order valence-corrected chi connectivity index (χ1v) is 9.66. The molecule has 0 saturated carbocycles. The molecule has 1 unspecified atom stereocenters. The van der Waals surface area contributed by atoms with Crippen molar-refractivity contribution in [1.82, 2.24) is 5.32 Å². The average Bonchev–Trinajstić information content (AvgIpc) is 2.77. The third-order valence-electron chi connectivity index (χ3n) is 5.50. The Morgan fingerprint density at radius 1 is 1.11 bits per heavy atom. The highest BCUT2D eigenvalue weighted by molar-refractivity contribution is 6.45. The highest BCUT2D eigenvalue weighted by Crippen LogP contribution is 2.38. The van der Waals surface area contributed by atoms with Gasteiger partial charge in [-0.05, 0) is 58.1 Å². The van der Waals surface area contributed by atoms with E-state index in [0.29, 0.717) is 6.32 Å². The van der Waals surface area contributed by atoms with Gasteiger partial charge < -0.3 is 19.4 Å². The van der Waals surface area contributed by atoms with Crippen molar-refractivity contribution in [2.45, 2.75) is 78.5 Å². The maximum atomic E-state index is 12.6. The van der Waals surface area contributed by atoms with Crippen LogP contribution in [0.5, 0.6) is 5.75 Å². The summed E-state index contributed by atoms with van der Waals surface area (Å²) >= 11 is 0. The van der Waals surface area contributed by atoms with Crippen molar-refractivity contribution in [3.05, 3.63) is 29.8 Å². The van der Waals surface area contributed by atoms with Gasteiger partial charge in [0.1, 0.15) is 5.75 Å². The van der Waals surface area contributed by atoms with Gasteiger partial charge in [0.15, 0.2) is 0 Å². The number of methoxy groups -OCH3 is 1. The summed E-state index contributed by atoms with van der Waals surface area (Å²) < 4.78 is 17.5. The maximum Gasteiger partial charge on any atom is 0.457 e. The molecule has 1 aliphatic rings. The van der Waals surface area contributed by atoms with E-state index in [1.807, 2.05) is 45.0 Å². The minimum Gasteiger partial charge on any atom is -0.497 e. The van der Waals surface area contributed by atoms with Crippen molar-refractivity contribution >= 4 is 13.0 Å². The maximum absolute atomic E-state index is 12.6. The molecule has 27 heavy (non-hydrogen) atoms. The van der Waals surface area contributed by atoms with Crippen molar-refractivity contribution in [1.29, 1.82) is 0 Å². The van der Waals surface area contributed by atoms with Gasteiger partial charge in [0.2, 0.25) is 5.91 Å². The zero-order chi connectivity index (χ0) is 20.5. The molecule has 6 heteroatoms. The van der Waals surface area contributed by atoms with E-state index < -0.39 is 5.41 Å². The number of rotatable bonds is 6. The quantitative estimate of drug-likeness (QED) is 0.750. The molecule has 1 heterocycles. The molecule has 0 bridgehead atoms. The molecule has 0 aliphatic carbocycles. The van der Waals surface area contributed by atoms with Crippen molar-refractivity contribution in [3.63, 3.8) is 0 Å². The topological polar surface area (TPSA) is 56.8 Å². The Hall–Kier alpha value is -1.53. The molecule has 2 rings (SSSR count). The number of carbonyl (C=O) groups is 1. The molecule has 1 aromatic carbocycles. The van der Waals surface area contributed by atoms with Gasteiger partial charge in [0, 0.05) is 5.41 Å². The van der Waals surface area contributed by atoms with E-state index >= 15 is 0 Å². The summed E-state index contributed by atoms with van der Waals surface area (Å²) in [5.41, 5.74) is -0.0937. The molecule has 150 valence electrons. The van der Waals surface area contributed by atoms with Crippen molar-refractivity contribution < 1.29 is 18.8 Å². The van der Waals surface area contributed by atoms with E-state index in [0.717, 1.165) is 17.7 Å². The van der Waals surface area contributed by atoms with Crippen molar-refractivity contribution in [2.24, 2.45) is 5.41 Å². The number of amides is 1. The Balaban J connectivity index is 2.11. The first-order valence-electron chi connectivity index (χ1n) is 9.66. The van der Waals surface area contributed by atoms with Crippen LogP contribution in [-0.4, -0.2) is 31.3 Å². The fourth-order valence-electron chi connectivity index (χ4n) is 2.92. The fraction of sp³-hybridized carbons (Fsp3) is 0.667. The second kappa shape index (κ2) is 7.84. The predicted octanol–water partition coefficient (Wildman–Crippen LogP) is 4.38. The highest BCUT2D eigenvalue weighted by Gasteiger charge is 2.50. The molecule has 1 atom stereocenters. The third kappa shape index (κ3) is 5.26. The molecule has 1 saturated heterocycles. The fourth-order valence-corrected chi connectivity index (χ4v) is 2.92. The zero-order valence-corrected chi connectivity index (χ0v) is 18.0. The van der Waals surface area contributed by atoms with E-state index in [9.17, 15) is 4.79 Å². The van der Waals surface area contributed by atoms with E-state index in [-0.39, 0.29) is 30.3 Å². The molecule has 0 aromatic heterocycles. The number of carbonyl (C=O) groups excluding carboxylic acids is 1. The zero-order valence-electron chi connectivity index (χ0n) is 18.0. The highest BCUT2D eigenvalue weighted by atomic mass is 16.7. The van der Waals surface area contributed by atoms with Crippen LogP contribution in [0.1, 0.15) is 66.5 Å². The van der Waals surface area contributed by atoms with Crippen LogP contribution in [-0.2, 0) is 14.1 Å². The molecular formula is C21H34BNO4. The smallest absolute Gasteiger partial charge is 0.457 e. The second-order valence-electron chi connectivity index (χ2n) is 9.31. The molecular weight excluding hydrogens is 341 g/mol. The summed E-state index contributed by atoms with van der Waals surface area (Å²) in [5, 5.41) is 3.19. The van der Waals surface area contributed by atoms with Crippen LogP contribution in [0.2, 0.25) is 6.32 Å². The van der Waals surface area contributed by atoms with Gasteiger partial charge in [-0.1, -0.05) is 32.9 Å². The third-order valence-corrected chi connectivity index (χ3v) is 5.50. The Bertz CT molecular complexity index is 633. The number of hydrogen-bond acceptors (Lipinski definition) is 4. The molecule has 1 aliphatic heterocycles. The lowest BCUT2D eigenvalue weighted by atomic mass is 9.80. The summed E-state index contributed by atoms with van der Waals surface area (Å²) in [7, 11) is 1.37. The van der Waals surface area contributed by atoms with Crippen LogP contribution in [0.4, 0.5) is 0 Å². The van der Waals surface area contributed by atoms with Gasteiger partial charge in [-0.15, -0.1) is 0 Å². The van der Waals surface area contributed by atoms with Crippen LogP contribution < -0.4 is 10.1 Å². The van der Waals surface area contributed by atoms with E-state index in [1.165, 1.54) is 0 Å². The van der Waals surface area contributed by atoms with Gasteiger partial charge in [-0.3, -0.25) is 4.79 Å². The summed E-state index contributed by atoms with van der Waals surface area (Å²) in [4.78, 5) is 12.6. The van der Waals surface area contributed by atoms with Gasteiger partial charge in [-0.2, -0.15) is 0 Å². The standard InChI is InChI=1S/C21H34BNO4/c1-19(2,3)18(24)23-17(15-9-11-16(25-8)12-10-15)13-14-22-26-20(4,5)21(6,7)27-22/h9-12,17H,13-14H2,1-8H3,(H,23,24). The van der Waals surface area contributed by atoms with E-state index in [1.54, 1.807) is 7.11 Å². The molecule has 5 nitrogen and oxygen atoms in total. The lowest BCUT2D eigenvalue weighted by Crippen LogP contribution is -2.41. The number of ether oxygens (including phenoxy) is 1. The summed E-state index contributed by atoms with van der Waals surface area (Å²) in [6.45, 7) is 14.0. The van der Waals surface area contributed by atoms with Crippen LogP contribution in [0.25, 0.3) is 0 Å². The van der Waals surface area contributed by atoms with Gasteiger partial charge in [0.25, 0.3) is 0 Å². The van der Waals surface area contributed by atoms with Gasteiger partial charge in [-0.25, -0.2) is 0 Å². The number of hydrogen-bond donors (Lipinski definition) is 1. The molecule has 1 fully saturated rings. The summed E-state index contributed by atoms with van der Waals surface area (Å²) in [6.07, 6.45) is 1.43. The molecule has 1 amide bonds. The van der Waals surface area contributed by atoms with Crippen LogP contribution in [0.3, 0.4) is 0 Å². The van der Waals surface area contributed by atoms with Gasteiger partial charge in [0.05, 0.1) is 24.4 Å². The molecule has 0 spiro atoms. The number of nitrogens with one attached hydrogen (secondary N) is 1. The first-order chi connectivity index (χ1) is 12.4. The average molecular weight is 375 g/mol. The predicted molar refractivity (Wildman–Crippen MR) is 109 cm³/mol. The van der Waals surface area contributed by atoms with Crippen LogP contribution in [0.15, 0.2) is 24.3 Å². The van der Waals surface area contributed by atoms with Crippen LogP contribution >= 0.6 is 0 Å². The normalized spacial score (nSPS) is 19.6. The monoisotopic (exact) mass is 375 g/mol. The minimum absolute atomic E-state index is 0.0252. The molecule has 0 radical (unpaired) electrons. The largest absolute Gasteiger partial charge is 0.497 e. The number of benzene rings is 1.